The Labute approximate surface area is 104 Å². The first-order valence-corrected chi connectivity index (χ1v) is 6.06. The van der Waals surface area contributed by atoms with Gasteiger partial charge in [-0.15, -0.1) is 0 Å². The van der Waals surface area contributed by atoms with Crippen LogP contribution in [0, 0.1) is 0 Å². The molecule has 0 aliphatic carbocycles. The van der Waals surface area contributed by atoms with Crippen LogP contribution >= 0.6 is 0 Å². The average molecular weight is 236 g/mol. The van der Waals surface area contributed by atoms with Crippen LogP contribution in [0.5, 0.6) is 0 Å². The van der Waals surface area contributed by atoms with Gasteiger partial charge < -0.3 is 10.2 Å². The zero-order valence-corrected chi connectivity index (χ0v) is 12.0. The zero-order chi connectivity index (χ0) is 13.2. The molecule has 1 rings (SSSR count). The summed E-state index contributed by atoms with van der Waals surface area (Å²) < 4.78 is 0. The van der Waals surface area contributed by atoms with E-state index in [1.54, 1.807) is 0 Å². The van der Waals surface area contributed by atoms with Gasteiger partial charge in [0.25, 0.3) is 0 Å². The Morgan fingerprint density at radius 2 is 1.82 bits per heavy atom. The number of aromatic nitrogens is 2. The molecule has 0 radical (unpaired) electrons. The molecule has 0 fully saturated rings. The molecule has 0 aromatic carbocycles. The zero-order valence-electron chi connectivity index (χ0n) is 12.0. The second-order valence-corrected chi connectivity index (χ2v) is 5.64. The molecule has 1 heterocycles. The van der Waals surface area contributed by atoms with Crippen molar-refractivity contribution in [2.24, 2.45) is 0 Å². The van der Waals surface area contributed by atoms with Gasteiger partial charge in [0.2, 0.25) is 0 Å². The van der Waals surface area contributed by atoms with Gasteiger partial charge in [0.1, 0.15) is 17.5 Å². The minimum atomic E-state index is -0.0422. The molecule has 4 heteroatoms. The number of hydrogen-bond donors (Lipinski definition) is 1. The van der Waals surface area contributed by atoms with Crippen molar-refractivity contribution in [3.8, 4) is 0 Å². The lowest BCUT2D eigenvalue weighted by atomic mass is 9.96. The normalized spacial score (nSPS) is 11.8. The maximum Gasteiger partial charge on any atom is 0.138 e. The summed E-state index contributed by atoms with van der Waals surface area (Å²) in [6.07, 6.45) is 0. The van der Waals surface area contributed by atoms with Gasteiger partial charge in [0.05, 0.1) is 0 Å². The predicted molar refractivity (Wildman–Crippen MR) is 73.8 cm³/mol. The molecule has 0 aliphatic heterocycles. The van der Waals surface area contributed by atoms with Crippen LogP contribution in [-0.4, -0.2) is 30.1 Å². The highest BCUT2D eigenvalue weighted by Gasteiger charge is 2.20. The highest BCUT2D eigenvalue weighted by Crippen LogP contribution is 2.24. The van der Waals surface area contributed by atoms with E-state index in [9.17, 15) is 0 Å². The fraction of sp³-hybridized carbons (Fsp3) is 0.692. The van der Waals surface area contributed by atoms with Crippen molar-refractivity contribution < 1.29 is 0 Å². The Morgan fingerprint density at radius 1 is 1.24 bits per heavy atom. The Bertz CT molecular complexity index is 379. The summed E-state index contributed by atoms with van der Waals surface area (Å²) in [6, 6.07) is 2.40. The van der Waals surface area contributed by atoms with Crippen molar-refractivity contribution in [1.29, 1.82) is 0 Å². The molecule has 0 amide bonds. The maximum absolute atomic E-state index is 4.65. The monoisotopic (exact) mass is 236 g/mol. The van der Waals surface area contributed by atoms with E-state index in [-0.39, 0.29) is 5.41 Å². The summed E-state index contributed by atoms with van der Waals surface area (Å²) in [6.45, 7) is 10.7. The fourth-order valence-corrected chi connectivity index (χ4v) is 1.34. The molecule has 0 aliphatic rings. The molecule has 0 bridgehead atoms. The molecule has 96 valence electrons. The van der Waals surface area contributed by atoms with Gasteiger partial charge in [0, 0.05) is 31.6 Å². The molecule has 1 aromatic heterocycles. The summed E-state index contributed by atoms with van der Waals surface area (Å²) in [5.74, 6) is 2.70. The molecular formula is C13H24N4. The van der Waals surface area contributed by atoms with Crippen molar-refractivity contribution >= 4 is 11.6 Å². The van der Waals surface area contributed by atoms with E-state index in [2.05, 4.69) is 61.9 Å². The minimum absolute atomic E-state index is 0.0422. The lowest BCUT2D eigenvalue weighted by Crippen LogP contribution is -2.28. The number of rotatable bonds is 3. The summed E-state index contributed by atoms with van der Waals surface area (Å²) in [4.78, 5) is 11.3. The summed E-state index contributed by atoms with van der Waals surface area (Å²) >= 11 is 0. The lowest BCUT2D eigenvalue weighted by Gasteiger charge is -2.25. The van der Waals surface area contributed by atoms with E-state index >= 15 is 0 Å². The minimum Gasteiger partial charge on any atom is -0.373 e. The van der Waals surface area contributed by atoms with Crippen molar-refractivity contribution in [2.75, 3.05) is 24.3 Å². The Balaban J connectivity index is 3.23. The molecule has 0 atom stereocenters. The van der Waals surface area contributed by atoms with Gasteiger partial charge in [-0.3, -0.25) is 0 Å². The summed E-state index contributed by atoms with van der Waals surface area (Å²) in [5.41, 5.74) is -0.0422. The molecule has 0 saturated heterocycles. The number of anilines is 2. The highest BCUT2D eigenvalue weighted by atomic mass is 15.2. The summed E-state index contributed by atoms with van der Waals surface area (Å²) in [7, 11) is 3.94. The van der Waals surface area contributed by atoms with Crippen molar-refractivity contribution in [3.05, 3.63) is 11.9 Å². The van der Waals surface area contributed by atoms with Gasteiger partial charge >= 0.3 is 0 Å². The van der Waals surface area contributed by atoms with Crippen LogP contribution in [0.15, 0.2) is 6.07 Å². The lowest BCUT2D eigenvalue weighted by molar-refractivity contribution is 0.544. The smallest absolute Gasteiger partial charge is 0.138 e. The van der Waals surface area contributed by atoms with Crippen LogP contribution in [0.2, 0.25) is 0 Å². The van der Waals surface area contributed by atoms with Crippen molar-refractivity contribution in [3.63, 3.8) is 0 Å². The van der Waals surface area contributed by atoms with Crippen LogP contribution in [0.3, 0.4) is 0 Å². The van der Waals surface area contributed by atoms with Crippen molar-refractivity contribution in [2.45, 2.75) is 46.1 Å². The van der Waals surface area contributed by atoms with Gasteiger partial charge in [-0.05, 0) is 13.8 Å². The maximum atomic E-state index is 4.65. The third-order valence-corrected chi connectivity index (χ3v) is 2.78. The van der Waals surface area contributed by atoms with Gasteiger partial charge in [0.15, 0.2) is 0 Å². The quantitative estimate of drug-likeness (QED) is 0.876. The molecule has 0 saturated carbocycles. The third-order valence-electron chi connectivity index (χ3n) is 2.78. The van der Waals surface area contributed by atoms with Crippen LogP contribution in [0.25, 0.3) is 0 Å². The van der Waals surface area contributed by atoms with Crippen LogP contribution < -0.4 is 10.2 Å². The third kappa shape index (κ3) is 3.32. The van der Waals surface area contributed by atoms with E-state index in [4.69, 9.17) is 0 Å². The average Bonchev–Trinajstić information content (AvgIpc) is 2.26. The standard InChI is InChI=1S/C13H24N4/c1-9(2)17(7)11-8-10(14-6)15-12(16-11)13(3,4)5/h8-9H,1-7H3,(H,14,15,16). The molecule has 0 unspecified atom stereocenters. The molecule has 0 spiro atoms. The Hall–Kier alpha value is -1.32. The topological polar surface area (TPSA) is 41.0 Å². The van der Waals surface area contributed by atoms with E-state index in [0.717, 1.165) is 17.5 Å². The van der Waals surface area contributed by atoms with Crippen LogP contribution in [0.4, 0.5) is 11.6 Å². The first-order chi connectivity index (χ1) is 7.75. The van der Waals surface area contributed by atoms with E-state index in [0.29, 0.717) is 6.04 Å². The fourth-order valence-electron chi connectivity index (χ4n) is 1.34. The van der Waals surface area contributed by atoms with E-state index in [1.165, 1.54) is 0 Å². The molecule has 17 heavy (non-hydrogen) atoms. The van der Waals surface area contributed by atoms with Gasteiger partial charge in [-0.25, -0.2) is 9.97 Å². The van der Waals surface area contributed by atoms with Crippen molar-refractivity contribution in [1.82, 2.24) is 9.97 Å². The van der Waals surface area contributed by atoms with E-state index in [1.807, 2.05) is 13.1 Å². The van der Waals surface area contributed by atoms with Gasteiger partial charge in [-0.2, -0.15) is 0 Å². The van der Waals surface area contributed by atoms with Gasteiger partial charge in [-0.1, -0.05) is 20.8 Å². The molecule has 1 aromatic rings. The molecular weight excluding hydrogens is 212 g/mol. The molecule has 1 N–H and O–H groups in total. The van der Waals surface area contributed by atoms with E-state index < -0.39 is 0 Å². The largest absolute Gasteiger partial charge is 0.373 e. The Kier molecular flexibility index (Phi) is 3.96. The molecule has 4 nitrogen and oxygen atoms in total. The SMILES string of the molecule is CNc1cc(N(C)C(C)C)nc(C(C)(C)C)n1. The Morgan fingerprint density at radius 3 is 2.24 bits per heavy atom. The van der Waals surface area contributed by atoms with Crippen LogP contribution in [0.1, 0.15) is 40.4 Å². The number of hydrogen-bond acceptors (Lipinski definition) is 4. The number of nitrogens with zero attached hydrogens (tertiary/aromatic N) is 3. The summed E-state index contributed by atoms with van der Waals surface area (Å²) in [5, 5.41) is 3.10. The highest BCUT2D eigenvalue weighted by molar-refractivity contribution is 5.49. The predicted octanol–water partition coefficient (Wildman–Crippen LogP) is 2.66. The number of nitrogens with one attached hydrogen (secondary N) is 1. The second-order valence-electron chi connectivity index (χ2n) is 5.64. The van der Waals surface area contributed by atoms with Crippen LogP contribution in [-0.2, 0) is 5.41 Å². The first-order valence-electron chi connectivity index (χ1n) is 6.06. The second kappa shape index (κ2) is 4.90. The first kappa shape index (κ1) is 13.7.